The number of fused-ring (bicyclic) bond motifs is 1. The first-order valence-corrected chi connectivity index (χ1v) is 14.8. The molecule has 2 atom stereocenters. The third kappa shape index (κ3) is 10.4. The molecule has 0 saturated heterocycles. The van der Waals surface area contributed by atoms with Gasteiger partial charge in [0.2, 0.25) is 0 Å². The highest BCUT2D eigenvalue weighted by Crippen LogP contribution is 2.33. The van der Waals surface area contributed by atoms with E-state index in [1.807, 2.05) is 37.3 Å². The second-order valence-corrected chi connectivity index (χ2v) is 10.6. The van der Waals surface area contributed by atoms with Crippen LogP contribution in [0.25, 0.3) is 10.8 Å². The van der Waals surface area contributed by atoms with E-state index in [1.54, 1.807) is 7.11 Å². The van der Waals surface area contributed by atoms with Crippen molar-refractivity contribution in [3.8, 4) is 0 Å². The fourth-order valence-corrected chi connectivity index (χ4v) is 5.07. The molecule has 5 nitrogen and oxygen atoms in total. The lowest BCUT2D eigenvalue weighted by Gasteiger charge is -2.30. The predicted octanol–water partition coefficient (Wildman–Crippen LogP) is 8.66. The number of hydrogen-bond donors (Lipinski definition) is 0. The minimum atomic E-state index is -1.16. The summed E-state index contributed by atoms with van der Waals surface area (Å²) in [6.45, 7) is 4.04. The van der Waals surface area contributed by atoms with Gasteiger partial charge in [-0.2, -0.15) is 0 Å². The molecule has 0 aromatic heterocycles. The molecule has 2 aromatic carbocycles. The van der Waals surface area contributed by atoms with Crippen LogP contribution in [0.4, 0.5) is 0 Å². The molecule has 0 saturated carbocycles. The fraction of sp³-hybridized carbons (Fsp3) is 0.636. The zero-order valence-electron chi connectivity index (χ0n) is 24.3. The first-order chi connectivity index (χ1) is 18.5. The normalized spacial score (nSPS) is 13.7. The second kappa shape index (κ2) is 18.0. The van der Waals surface area contributed by atoms with Crippen molar-refractivity contribution in [3.63, 3.8) is 0 Å². The number of carbonyl (C=O) groups is 2. The van der Waals surface area contributed by atoms with Gasteiger partial charge in [-0.05, 0) is 49.8 Å². The Morgan fingerprint density at radius 3 is 1.97 bits per heavy atom. The van der Waals surface area contributed by atoms with Gasteiger partial charge in [0.15, 0.2) is 5.60 Å². The average Bonchev–Trinajstić information content (AvgIpc) is 2.94. The maximum absolute atomic E-state index is 13.6. The second-order valence-electron chi connectivity index (χ2n) is 10.6. The lowest BCUT2D eigenvalue weighted by molar-refractivity contribution is -0.174. The summed E-state index contributed by atoms with van der Waals surface area (Å²) < 4.78 is 16.7. The molecule has 0 radical (unpaired) electrons. The van der Waals surface area contributed by atoms with E-state index in [2.05, 4.69) is 23.8 Å². The SMILES string of the molecule is CCCCCC[C@H](CCCCCCCCCCC(=O)OC)OC(=O)[C@](C)(OC)c1cccc2ccccc12. The molecule has 0 aliphatic heterocycles. The minimum Gasteiger partial charge on any atom is -0.469 e. The predicted molar refractivity (Wildman–Crippen MR) is 155 cm³/mol. The Morgan fingerprint density at radius 1 is 0.763 bits per heavy atom. The van der Waals surface area contributed by atoms with Crippen LogP contribution < -0.4 is 0 Å². The topological polar surface area (TPSA) is 61.8 Å². The summed E-state index contributed by atoms with van der Waals surface area (Å²) in [6.07, 6.45) is 15.9. The molecule has 0 fully saturated rings. The highest BCUT2D eigenvalue weighted by Gasteiger charge is 2.39. The van der Waals surface area contributed by atoms with Crippen molar-refractivity contribution in [2.75, 3.05) is 14.2 Å². The van der Waals surface area contributed by atoms with Gasteiger partial charge in [0, 0.05) is 19.1 Å². The van der Waals surface area contributed by atoms with Crippen molar-refractivity contribution < 1.29 is 23.8 Å². The molecule has 2 aromatic rings. The first kappa shape index (κ1) is 31.8. The summed E-state index contributed by atoms with van der Waals surface area (Å²) in [7, 11) is 3.04. The van der Waals surface area contributed by atoms with Crippen LogP contribution in [0.1, 0.15) is 116 Å². The Labute approximate surface area is 230 Å². The molecule has 0 aliphatic rings. The van der Waals surface area contributed by atoms with Crippen molar-refractivity contribution in [1.29, 1.82) is 0 Å². The van der Waals surface area contributed by atoms with Gasteiger partial charge in [0.05, 0.1) is 7.11 Å². The Kier molecular flexibility index (Phi) is 15.1. The standard InChI is InChI=1S/C33H50O5/c1-5-6-7-14-22-28(23-15-12-10-8-9-11-13-16-26-31(34)36-3)38-32(35)33(2,37-4)30-25-19-21-27-20-17-18-24-29(27)30/h17-21,24-25,28H,5-16,22-23,26H2,1-4H3/t28-,33-/m1/s1. The molecule has 38 heavy (non-hydrogen) atoms. The number of rotatable bonds is 20. The lowest BCUT2D eigenvalue weighted by atomic mass is 9.90. The van der Waals surface area contributed by atoms with Gasteiger partial charge < -0.3 is 14.2 Å². The van der Waals surface area contributed by atoms with Crippen LogP contribution in [-0.2, 0) is 29.4 Å². The Hall–Kier alpha value is -2.40. The molecule has 0 aliphatic carbocycles. The van der Waals surface area contributed by atoms with E-state index in [9.17, 15) is 9.59 Å². The third-order valence-corrected chi connectivity index (χ3v) is 7.64. The van der Waals surface area contributed by atoms with Crippen LogP contribution in [0, 0.1) is 0 Å². The summed E-state index contributed by atoms with van der Waals surface area (Å²) in [4.78, 5) is 24.8. The maximum atomic E-state index is 13.6. The van der Waals surface area contributed by atoms with Gasteiger partial charge in [-0.25, -0.2) is 4.79 Å². The number of unbranched alkanes of at least 4 members (excludes halogenated alkanes) is 10. The van der Waals surface area contributed by atoms with Crippen LogP contribution in [0.3, 0.4) is 0 Å². The zero-order chi connectivity index (χ0) is 27.6. The highest BCUT2D eigenvalue weighted by atomic mass is 16.6. The summed E-state index contributed by atoms with van der Waals surface area (Å²) in [5, 5.41) is 2.10. The van der Waals surface area contributed by atoms with E-state index in [0.29, 0.717) is 6.42 Å². The smallest absolute Gasteiger partial charge is 0.343 e. The molecule has 2 rings (SSSR count). The minimum absolute atomic E-state index is 0.0814. The highest BCUT2D eigenvalue weighted by molar-refractivity contribution is 5.92. The van der Waals surface area contributed by atoms with Crippen LogP contribution in [-0.4, -0.2) is 32.3 Å². The number of benzene rings is 2. The molecule has 0 heterocycles. The molecular formula is C33H50O5. The monoisotopic (exact) mass is 526 g/mol. The van der Waals surface area contributed by atoms with Crippen molar-refractivity contribution in [2.45, 2.75) is 122 Å². The zero-order valence-corrected chi connectivity index (χ0v) is 24.3. The number of carbonyl (C=O) groups excluding carboxylic acids is 2. The van der Waals surface area contributed by atoms with Crippen LogP contribution in [0.15, 0.2) is 42.5 Å². The van der Waals surface area contributed by atoms with E-state index < -0.39 is 5.60 Å². The van der Waals surface area contributed by atoms with Gasteiger partial charge >= 0.3 is 11.9 Å². The molecule has 0 bridgehead atoms. The molecule has 0 spiro atoms. The van der Waals surface area contributed by atoms with E-state index in [-0.39, 0.29) is 18.0 Å². The van der Waals surface area contributed by atoms with Gasteiger partial charge in [0.1, 0.15) is 6.10 Å². The molecule has 5 heteroatoms. The average molecular weight is 527 g/mol. The largest absolute Gasteiger partial charge is 0.469 e. The molecule has 0 amide bonds. The molecule has 212 valence electrons. The van der Waals surface area contributed by atoms with Crippen molar-refractivity contribution in [1.82, 2.24) is 0 Å². The third-order valence-electron chi connectivity index (χ3n) is 7.64. The Morgan fingerprint density at radius 2 is 1.34 bits per heavy atom. The van der Waals surface area contributed by atoms with E-state index in [4.69, 9.17) is 9.47 Å². The molecule has 0 N–H and O–H groups in total. The van der Waals surface area contributed by atoms with Crippen molar-refractivity contribution in [2.24, 2.45) is 0 Å². The number of ether oxygens (including phenoxy) is 3. The molecular weight excluding hydrogens is 476 g/mol. The van der Waals surface area contributed by atoms with E-state index in [0.717, 1.165) is 61.3 Å². The summed E-state index contributed by atoms with van der Waals surface area (Å²) in [6, 6.07) is 14.1. The van der Waals surface area contributed by atoms with Crippen LogP contribution >= 0.6 is 0 Å². The van der Waals surface area contributed by atoms with E-state index >= 15 is 0 Å². The lowest BCUT2D eigenvalue weighted by Crippen LogP contribution is -2.38. The first-order valence-electron chi connectivity index (χ1n) is 14.8. The Bertz CT molecular complexity index is 950. The number of esters is 2. The van der Waals surface area contributed by atoms with Crippen molar-refractivity contribution in [3.05, 3.63) is 48.0 Å². The van der Waals surface area contributed by atoms with Gasteiger partial charge in [0.25, 0.3) is 0 Å². The number of methoxy groups -OCH3 is 2. The Balaban J connectivity index is 1.88. The molecule has 0 unspecified atom stereocenters. The maximum Gasteiger partial charge on any atom is 0.343 e. The summed E-state index contributed by atoms with van der Waals surface area (Å²) in [5.74, 6) is -0.415. The van der Waals surface area contributed by atoms with Crippen LogP contribution in [0.5, 0.6) is 0 Å². The van der Waals surface area contributed by atoms with Crippen molar-refractivity contribution >= 4 is 22.7 Å². The quantitative estimate of drug-likeness (QED) is 0.128. The van der Waals surface area contributed by atoms with Gasteiger partial charge in [-0.15, -0.1) is 0 Å². The van der Waals surface area contributed by atoms with Crippen LogP contribution in [0.2, 0.25) is 0 Å². The van der Waals surface area contributed by atoms with E-state index in [1.165, 1.54) is 52.1 Å². The summed E-state index contributed by atoms with van der Waals surface area (Å²) in [5.41, 5.74) is -0.310. The number of hydrogen-bond acceptors (Lipinski definition) is 5. The fourth-order valence-electron chi connectivity index (χ4n) is 5.07. The summed E-state index contributed by atoms with van der Waals surface area (Å²) >= 11 is 0. The van der Waals surface area contributed by atoms with Gasteiger partial charge in [-0.3, -0.25) is 4.79 Å². The van der Waals surface area contributed by atoms with Gasteiger partial charge in [-0.1, -0.05) is 107 Å².